The number of hydrogen-bond donors (Lipinski definition) is 1. The molecular formula is C31H33N5O4. The third-order valence-electron chi connectivity index (χ3n) is 9.26. The van der Waals surface area contributed by atoms with Crippen LogP contribution in [0.4, 0.5) is 5.69 Å². The highest BCUT2D eigenvalue weighted by Crippen LogP contribution is 2.43. The van der Waals surface area contributed by atoms with Crippen LogP contribution in [0.2, 0.25) is 0 Å². The van der Waals surface area contributed by atoms with Gasteiger partial charge in [0.2, 0.25) is 5.91 Å². The number of likely N-dealkylation sites (tertiary alicyclic amines) is 1. The van der Waals surface area contributed by atoms with Gasteiger partial charge in [-0.1, -0.05) is 18.2 Å². The van der Waals surface area contributed by atoms with Crippen LogP contribution in [0.1, 0.15) is 59.8 Å². The van der Waals surface area contributed by atoms with E-state index in [0.29, 0.717) is 62.3 Å². The van der Waals surface area contributed by atoms with Gasteiger partial charge >= 0.3 is 0 Å². The van der Waals surface area contributed by atoms with Gasteiger partial charge in [0.15, 0.2) is 0 Å². The Morgan fingerprint density at radius 2 is 1.73 bits per heavy atom. The number of amides is 2. The molecule has 3 aliphatic heterocycles. The van der Waals surface area contributed by atoms with Gasteiger partial charge in [0, 0.05) is 50.0 Å². The molecule has 2 amide bonds. The smallest absolute Gasteiger partial charge is 0.274 e. The molecule has 206 valence electrons. The summed E-state index contributed by atoms with van der Waals surface area (Å²) in [5.41, 5.74) is 3.73. The van der Waals surface area contributed by atoms with Crippen LogP contribution in [-0.4, -0.2) is 63.9 Å². The van der Waals surface area contributed by atoms with Crippen molar-refractivity contribution in [3.05, 3.63) is 76.0 Å². The topological polar surface area (TPSA) is 100 Å². The molecule has 0 atom stereocenters. The Kier molecular flexibility index (Phi) is 6.00. The van der Waals surface area contributed by atoms with E-state index in [0.717, 1.165) is 41.9 Å². The van der Waals surface area contributed by atoms with Crippen molar-refractivity contribution in [3.8, 4) is 0 Å². The Balaban J connectivity index is 1.15. The van der Waals surface area contributed by atoms with Gasteiger partial charge in [0.25, 0.3) is 11.5 Å². The zero-order valence-electron chi connectivity index (χ0n) is 22.7. The number of rotatable bonds is 3. The molecule has 0 aliphatic carbocycles. The second-order valence-electron chi connectivity index (χ2n) is 11.5. The molecule has 40 heavy (non-hydrogen) atoms. The van der Waals surface area contributed by atoms with Crippen molar-refractivity contribution in [2.45, 2.75) is 44.9 Å². The molecule has 4 aromatic rings. The number of anilines is 1. The number of H-pyrrole nitrogens is 1. The minimum absolute atomic E-state index is 0.0594. The number of fused-ring (bicyclic) bond motifs is 3. The van der Waals surface area contributed by atoms with Crippen LogP contribution in [0.3, 0.4) is 0 Å². The number of aromatic amines is 1. The number of aromatic nitrogens is 3. The fourth-order valence-electron chi connectivity index (χ4n) is 6.86. The Morgan fingerprint density at radius 3 is 2.48 bits per heavy atom. The number of piperidine rings is 1. The molecule has 2 aromatic carbocycles. The quantitative estimate of drug-likeness (QED) is 0.424. The summed E-state index contributed by atoms with van der Waals surface area (Å²) in [6.45, 7) is 5.10. The van der Waals surface area contributed by atoms with E-state index in [-0.39, 0.29) is 23.3 Å². The lowest BCUT2D eigenvalue weighted by Crippen LogP contribution is -2.46. The van der Waals surface area contributed by atoms with E-state index in [1.165, 1.54) is 0 Å². The van der Waals surface area contributed by atoms with Crippen LogP contribution >= 0.6 is 0 Å². The highest BCUT2D eigenvalue weighted by atomic mass is 16.5. The van der Waals surface area contributed by atoms with Gasteiger partial charge in [-0.05, 0) is 68.9 Å². The van der Waals surface area contributed by atoms with Crippen molar-refractivity contribution < 1.29 is 14.3 Å². The average molecular weight is 540 g/mol. The standard InChI is InChI=1S/C31H33N5O4/c1-20-17-25-24(33-28(37)26-19-32-27(36(25)26)21-7-15-40-16-8-21)18-23(20)29(38)34-12-9-31(10-13-34)11-14-35(30(31)39)22-5-3-2-4-6-22/h2-6,17-19,21H,7-16H2,1H3,(H,33,37). The fourth-order valence-corrected chi connectivity index (χ4v) is 6.86. The SMILES string of the molecule is Cc1cc2c(cc1C(=O)N1CCC3(CC1)CCN(c1ccccc1)C3=O)[nH]c(=O)c1cnc(C3CCOCC3)n12. The highest BCUT2D eigenvalue weighted by molar-refractivity contribution is 6.01. The molecule has 1 spiro atoms. The summed E-state index contributed by atoms with van der Waals surface area (Å²) >= 11 is 0. The maximum Gasteiger partial charge on any atom is 0.274 e. The molecule has 7 rings (SSSR count). The number of para-hydroxylation sites is 1. The predicted octanol–water partition coefficient (Wildman–Crippen LogP) is 4.04. The number of nitrogens with one attached hydrogen (secondary N) is 1. The minimum atomic E-state index is -0.399. The van der Waals surface area contributed by atoms with Crippen LogP contribution in [0.5, 0.6) is 0 Å². The van der Waals surface area contributed by atoms with E-state index in [2.05, 4.69) is 9.97 Å². The van der Waals surface area contributed by atoms with E-state index in [4.69, 9.17) is 4.74 Å². The molecule has 2 aromatic heterocycles. The van der Waals surface area contributed by atoms with E-state index >= 15 is 0 Å². The van der Waals surface area contributed by atoms with Gasteiger partial charge in [-0.2, -0.15) is 0 Å². The molecule has 0 unspecified atom stereocenters. The van der Waals surface area contributed by atoms with Crippen LogP contribution in [0, 0.1) is 12.3 Å². The van der Waals surface area contributed by atoms with E-state index < -0.39 is 5.41 Å². The number of imidazole rings is 1. The van der Waals surface area contributed by atoms with Gasteiger partial charge in [0.05, 0.1) is 22.6 Å². The number of hydrogen-bond acceptors (Lipinski definition) is 5. The van der Waals surface area contributed by atoms with Crippen molar-refractivity contribution in [1.29, 1.82) is 0 Å². The molecular weight excluding hydrogens is 506 g/mol. The summed E-state index contributed by atoms with van der Waals surface area (Å²) in [6.07, 6.45) is 5.51. The molecule has 1 N–H and O–H groups in total. The van der Waals surface area contributed by atoms with Crippen molar-refractivity contribution in [3.63, 3.8) is 0 Å². The van der Waals surface area contributed by atoms with Gasteiger partial charge in [-0.25, -0.2) is 4.98 Å². The van der Waals surface area contributed by atoms with E-state index in [9.17, 15) is 14.4 Å². The monoisotopic (exact) mass is 539 g/mol. The molecule has 9 heteroatoms. The first kappa shape index (κ1) is 25.0. The molecule has 5 heterocycles. The molecule has 3 aliphatic rings. The molecule has 0 radical (unpaired) electrons. The number of benzene rings is 2. The highest BCUT2D eigenvalue weighted by Gasteiger charge is 2.49. The summed E-state index contributed by atoms with van der Waals surface area (Å²) in [6, 6.07) is 13.6. The first-order valence-corrected chi connectivity index (χ1v) is 14.2. The van der Waals surface area contributed by atoms with Crippen molar-refractivity contribution >= 4 is 34.1 Å². The first-order chi connectivity index (χ1) is 19.4. The van der Waals surface area contributed by atoms with E-state index in [1.807, 2.05) is 63.6 Å². The Bertz CT molecular complexity index is 1680. The minimum Gasteiger partial charge on any atom is -0.381 e. The fraction of sp³-hybridized carbons (Fsp3) is 0.419. The average Bonchev–Trinajstić information content (AvgIpc) is 3.57. The Hall–Kier alpha value is -3.98. The molecule has 0 saturated carbocycles. The zero-order chi connectivity index (χ0) is 27.4. The summed E-state index contributed by atoms with van der Waals surface area (Å²) in [5.74, 6) is 1.21. The number of carbonyl (C=O) groups excluding carboxylic acids is 2. The van der Waals surface area contributed by atoms with Gasteiger partial charge in [-0.15, -0.1) is 0 Å². The second-order valence-corrected chi connectivity index (χ2v) is 11.5. The maximum absolute atomic E-state index is 13.8. The predicted molar refractivity (Wildman–Crippen MR) is 152 cm³/mol. The van der Waals surface area contributed by atoms with Crippen LogP contribution < -0.4 is 10.5 Å². The Labute approximate surface area is 231 Å². The largest absolute Gasteiger partial charge is 0.381 e. The molecule has 0 bridgehead atoms. The summed E-state index contributed by atoms with van der Waals surface area (Å²) in [5, 5.41) is 0. The lowest BCUT2D eigenvalue weighted by Gasteiger charge is -2.38. The van der Waals surface area contributed by atoms with Gasteiger partial charge < -0.3 is 19.5 Å². The second kappa shape index (κ2) is 9.59. The normalized spacial score (nSPS) is 19.8. The first-order valence-electron chi connectivity index (χ1n) is 14.2. The van der Waals surface area contributed by atoms with Crippen molar-refractivity contribution in [2.75, 3.05) is 37.7 Å². The number of nitrogens with zero attached hydrogens (tertiary/aromatic N) is 4. The number of carbonyl (C=O) groups is 2. The number of aryl methyl sites for hydroxylation is 1. The van der Waals surface area contributed by atoms with E-state index in [1.54, 1.807) is 6.20 Å². The van der Waals surface area contributed by atoms with Crippen molar-refractivity contribution in [1.82, 2.24) is 19.3 Å². The van der Waals surface area contributed by atoms with Gasteiger partial charge in [-0.3, -0.25) is 18.8 Å². The third kappa shape index (κ3) is 3.94. The maximum atomic E-state index is 13.8. The molecule has 3 saturated heterocycles. The van der Waals surface area contributed by atoms with Crippen LogP contribution in [0.15, 0.2) is 53.5 Å². The summed E-state index contributed by atoms with van der Waals surface area (Å²) < 4.78 is 7.49. The lowest BCUT2D eigenvalue weighted by atomic mass is 9.77. The summed E-state index contributed by atoms with van der Waals surface area (Å²) in [4.78, 5) is 51.6. The van der Waals surface area contributed by atoms with Gasteiger partial charge in [0.1, 0.15) is 11.3 Å². The van der Waals surface area contributed by atoms with Crippen LogP contribution in [0.25, 0.3) is 16.6 Å². The van der Waals surface area contributed by atoms with Crippen molar-refractivity contribution in [2.24, 2.45) is 5.41 Å². The summed E-state index contributed by atoms with van der Waals surface area (Å²) in [7, 11) is 0. The molecule has 3 fully saturated rings. The lowest BCUT2D eigenvalue weighted by molar-refractivity contribution is -0.127. The number of ether oxygens (including phenoxy) is 1. The van der Waals surface area contributed by atoms with Crippen LogP contribution in [-0.2, 0) is 9.53 Å². The molecule has 9 nitrogen and oxygen atoms in total. The third-order valence-corrected chi connectivity index (χ3v) is 9.26. The zero-order valence-corrected chi connectivity index (χ0v) is 22.7. The Morgan fingerprint density at radius 1 is 1.00 bits per heavy atom.